The summed E-state index contributed by atoms with van der Waals surface area (Å²) in [6.45, 7) is 17.8. The highest BCUT2D eigenvalue weighted by molar-refractivity contribution is 6.16. The van der Waals surface area contributed by atoms with Crippen molar-refractivity contribution in [1.29, 1.82) is 0 Å². The lowest BCUT2D eigenvalue weighted by Crippen LogP contribution is -2.33. The molecule has 1 aliphatic rings. The van der Waals surface area contributed by atoms with Crippen LogP contribution in [-0.2, 0) is 0 Å². The lowest BCUT2D eigenvalue weighted by Gasteiger charge is -2.37. The van der Waals surface area contributed by atoms with Crippen LogP contribution in [0.1, 0.15) is 55.5 Å². The molecule has 0 fully saturated rings. The van der Waals surface area contributed by atoms with Crippen molar-refractivity contribution in [2.75, 3.05) is 0 Å². The second-order valence-corrected chi connectivity index (χ2v) is 8.36. The van der Waals surface area contributed by atoms with Gasteiger partial charge in [0.15, 0.2) is 0 Å². The fraction of sp³-hybridized carbons (Fsp3) is 0.360. The van der Waals surface area contributed by atoms with Crippen molar-refractivity contribution in [2.45, 2.75) is 61.0 Å². The molecule has 0 unspecified atom stereocenters. The van der Waals surface area contributed by atoms with Crippen LogP contribution in [0.15, 0.2) is 29.8 Å². The van der Waals surface area contributed by atoms with Crippen LogP contribution in [0, 0.1) is 27.7 Å². The number of allylic oxidation sites excluding steroid dienone is 1. The summed E-state index contributed by atoms with van der Waals surface area (Å²) in [5.74, 6) is 1.07. The lowest BCUT2D eigenvalue weighted by atomic mass is 9.80. The number of hydrogen-bond donors (Lipinski definition) is 0. The first-order chi connectivity index (χ1) is 12.2. The summed E-state index contributed by atoms with van der Waals surface area (Å²) in [7, 11) is 0. The minimum absolute atomic E-state index is 0.280. The van der Waals surface area contributed by atoms with Crippen molar-refractivity contribution in [3.8, 4) is 5.75 Å². The van der Waals surface area contributed by atoms with Crippen molar-refractivity contribution in [3.05, 3.63) is 57.7 Å². The Morgan fingerprint density at radius 1 is 0.692 bits per heavy atom. The van der Waals surface area contributed by atoms with E-state index in [-0.39, 0.29) is 5.60 Å². The molecule has 3 aromatic carbocycles. The van der Waals surface area contributed by atoms with Crippen LogP contribution >= 0.6 is 0 Å². The molecule has 0 aliphatic carbocycles. The van der Waals surface area contributed by atoms with Gasteiger partial charge in [-0.3, -0.25) is 0 Å². The molecular weight excluding hydrogens is 316 g/mol. The molecule has 134 valence electrons. The summed E-state index contributed by atoms with van der Waals surface area (Å²) in [5, 5.41) is 5.32. The third-order valence-electron chi connectivity index (χ3n) is 6.75. The molecule has 0 amide bonds. The van der Waals surface area contributed by atoms with Gasteiger partial charge in [-0.05, 0) is 105 Å². The third kappa shape index (κ3) is 2.03. The molecule has 3 aromatic rings. The van der Waals surface area contributed by atoms with E-state index in [2.05, 4.69) is 79.7 Å². The van der Waals surface area contributed by atoms with Crippen molar-refractivity contribution in [1.82, 2.24) is 0 Å². The first kappa shape index (κ1) is 17.1. The number of rotatable bonds is 0. The maximum absolute atomic E-state index is 6.68. The van der Waals surface area contributed by atoms with Gasteiger partial charge in [0.1, 0.15) is 11.4 Å². The van der Waals surface area contributed by atoms with Gasteiger partial charge in [0.25, 0.3) is 0 Å². The SMILES string of the molecule is CC1=C(C)C(C)(C)Oc2c1c(C)c(C)c1c2c(C)c(C)c2ccccc21. The fourth-order valence-corrected chi connectivity index (χ4v) is 4.61. The van der Waals surface area contributed by atoms with E-state index in [9.17, 15) is 0 Å². The maximum atomic E-state index is 6.68. The minimum Gasteiger partial charge on any atom is -0.482 e. The Balaban J connectivity index is 2.34. The van der Waals surface area contributed by atoms with Crippen LogP contribution in [0.5, 0.6) is 5.75 Å². The lowest BCUT2D eigenvalue weighted by molar-refractivity contribution is 0.146. The zero-order chi connectivity index (χ0) is 19.0. The van der Waals surface area contributed by atoms with Gasteiger partial charge in [-0.2, -0.15) is 0 Å². The number of aryl methyl sites for hydroxylation is 3. The molecule has 1 aliphatic heterocycles. The average molecular weight is 344 g/mol. The van der Waals surface area contributed by atoms with Crippen LogP contribution in [0.25, 0.3) is 27.1 Å². The molecule has 0 saturated carbocycles. The predicted molar refractivity (Wildman–Crippen MR) is 113 cm³/mol. The highest BCUT2D eigenvalue weighted by Gasteiger charge is 2.34. The van der Waals surface area contributed by atoms with E-state index in [1.165, 1.54) is 60.5 Å². The molecule has 0 atom stereocenters. The summed E-state index contributed by atoms with van der Waals surface area (Å²) >= 11 is 0. The normalized spacial score (nSPS) is 16.2. The zero-order valence-corrected chi connectivity index (χ0v) is 17.2. The average Bonchev–Trinajstić information content (AvgIpc) is 2.60. The Bertz CT molecular complexity index is 1130. The zero-order valence-electron chi connectivity index (χ0n) is 17.2. The number of hydrogen-bond acceptors (Lipinski definition) is 1. The molecule has 0 aromatic heterocycles. The largest absolute Gasteiger partial charge is 0.482 e. The van der Waals surface area contributed by atoms with E-state index >= 15 is 0 Å². The van der Waals surface area contributed by atoms with E-state index in [1.54, 1.807) is 0 Å². The van der Waals surface area contributed by atoms with Gasteiger partial charge in [-0.15, -0.1) is 0 Å². The molecule has 1 heterocycles. The summed E-state index contributed by atoms with van der Waals surface area (Å²) in [4.78, 5) is 0. The molecule has 1 nitrogen and oxygen atoms in total. The minimum atomic E-state index is -0.280. The van der Waals surface area contributed by atoms with Crippen LogP contribution < -0.4 is 4.74 Å². The Morgan fingerprint density at radius 3 is 1.92 bits per heavy atom. The molecular formula is C25H28O. The third-order valence-corrected chi connectivity index (χ3v) is 6.75. The van der Waals surface area contributed by atoms with Crippen molar-refractivity contribution < 1.29 is 4.74 Å². The Labute approximate surface area is 156 Å². The Morgan fingerprint density at radius 2 is 1.27 bits per heavy atom. The van der Waals surface area contributed by atoms with E-state index in [0.29, 0.717) is 0 Å². The monoisotopic (exact) mass is 344 g/mol. The quantitative estimate of drug-likeness (QED) is 0.392. The first-order valence-electron chi connectivity index (χ1n) is 9.49. The van der Waals surface area contributed by atoms with Gasteiger partial charge in [-0.1, -0.05) is 24.3 Å². The Kier molecular flexibility index (Phi) is 3.54. The Hall–Kier alpha value is -2.28. The second kappa shape index (κ2) is 5.36. The molecule has 0 N–H and O–H groups in total. The van der Waals surface area contributed by atoms with Crippen molar-refractivity contribution in [3.63, 3.8) is 0 Å². The first-order valence-corrected chi connectivity index (χ1v) is 9.49. The van der Waals surface area contributed by atoms with E-state index in [4.69, 9.17) is 4.74 Å². The van der Waals surface area contributed by atoms with Gasteiger partial charge < -0.3 is 4.74 Å². The van der Waals surface area contributed by atoms with Crippen LogP contribution in [-0.4, -0.2) is 5.60 Å². The molecule has 0 saturated heterocycles. The number of ether oxygens (including phenoxy) is 1. The molecule has 26 heavy (non-hydrogen) atoms. The van der Waals surface area contributed by atoms with Crippen molar-refractivity contribution >= 4 is 27.1 Å². The molecule has 4 rings (SSSR count). The van der Waals surface area contributed by atoms with Gasteiger partial charge in [0, 0.05) is 10.9 Å². The van der Waals surface area contributed by atoms with Crippen molar-refractivity contribution in [2.24, 2.45) is 0 Å². The summed E-state index contributed by atoms with van der Waals surface area (Å²) in [5.41, 5.74) is 9.10. The number of fused-ring (bicyclic) bond motifs is 5. The molecule has 0 spiro atoms. The number of benzene rings is 3. The van der Waals surface area contributed by atoms with E-state index < -0.39 is 0 Å². The predicted octanol–water partition coefficient (Wildman–Crippen LogP) is 7.19. The van der Waals surface area contributed by atoms with E-state index in [0.717, 1.165) is 5.75 Å². The van der Waals surface area contributed by atoms with Crippen LogP contribution in [0.4, 0.5) is 0 Å². The van der Waals surface area contributed by atoms with Gasteiger partial charge >= 0.3 is 0 Å². The van der Waals surface area contributed by atoms with E-state index in [1.807, 2.05) is 0 Å². The van der Waals surface area contributed by atoms with Gasteiger partial charge in [0.2, 0.25) is 0 Å². The van der Waals surface area contributed by atoms with Crippen LogP contribution in [0.2, 0.25) is 0 Å². The standard InChI is InChI=1S/C25H28O/c1-13-14(2)23-22(20-12-10-9-11-19(13)20)16(4)15(3)21-17(5)18(6)25(7,8)26-24(21)23/h9-12H,1-8H3. The topological polar surface area (TPSA) is 9.23 Å². The second-order valence-electron chi connectivity index (χ2n) is 8.36. The van der Waals surface area contributed by atoms with Crippen LogP contribution in [0.3, 0.4) is 0 Å². The summed E-state index contributed by atoms with van der Waals surface area (Å²) < 4.78 is 6.68. The maximum Gasteiger partial charge on any atom is 0.136 e. The highest BCUT2D eigenvalue weighted by atomic mass is 16.5. The smallest absolute Gasteiger partial charge is 0.136 e. The molecule has 1 heteroatoms. The highest BCUT2D eigenvalue weighted by Crippen LogP contribution is 2.50. The summed E-state index contributed by atoms with van der Waals surface area (Å²) in [6, 6.07) is 8.78. The molecule has 0 bridgehead atoms. The van der Waals surface area contributed by atoms with Gasteiger partial charge in [0.05, 0.1) is 0 Å². The van der Waals surface area contributed by atoms with Gasteiger partial charge in [-0.25, -0.2) is 0 Å². The summed E-state index contributed by atoms with van der Waals surface area (Å²) in [6.07, 6.45) is 0. The fourth-order valence-electron chi connectivity index (χ4n) is 4.61. The molecule has 0 radical (unpaired) electrons.